The second-order valence-corrected chi connectivity index (χ2v) is 5.67. The van der Waals surface area contributed by atoms with Crippen molar-refractivity contribution in [3.63, 3.8) is 0 Å². The Hall–Kier alpha value is -1.82. The van der Waals surface area contributed by atoms with E-state index < -0.39 is 0 Å². The van der Waals surface area contributed by atoms with Crippen LogP contribution in [0.3, 0.4) is 0 Å². The van der Waals surface area contributed by atoms with Gasteiger partial charge in [0.15, 0.2) is 11.0 Å². The van der Waals surface area contributed by atoms with Gasteiger partial charge < -0.3 is 9.51 Å². The van der Waals surface area contributed by atoms with Gasteiger partial charge in [0.05, 0.1) is 16.8 Å². The fourth-order valence-corrected chi connectivity index (χ4v) is 2.69. The fraction of sp³-hybridized carbons (Fsp3) is 0.357. The molecule has 0 atom stereocenters. The van der Waals surface area contributed by atoms with Gasteiger partial charge >= 0.3 is 0 Å². The van der Waals surface area contributed by atoms with Crippen LogP contribution >= 0.6 is 11.8 Å². The number of rotatable bonds is 5. The van der Waals surface area contributed by atoms with Crippen LogP contribution in [0.15, 0.2) is 27.9 Å². The molecule has 0 unspecified atom stereocenters. The highest BCUT2D eigenvalue weighted by molar-refractivity contribution is 7.98. The van der Waals surface area contributed by atoms with Gasteiger partial charge in [0, 0.05) is 6.42 Å². The van der Waals surface area contributed by atoms with E-state index in [9.17, 15) is 0 Å². The molecule has 5 nitrogen and oxygen atoms in total. The maximum atomic E-state index is 5.21. The monoisotopic (exact) mass is 288 g/mol. The quantitative estimate of drug-likeness (QED) is 0.728. The smallest absolute Gasteiger partial charge is 0.237 e. The third-order valence-corrected chi connectivity index (χ3v) is 3.79. The number of nitrogens with zero attached hydrogens (tertiary/aromatic N) is 3. The van der Waals surface area contributed by atoms with Crippen molar-refractivity contribution in [2.75, 3.05) is 0 Å². The van der Waals surface area contributed by atoms with Crippen molar-refractivity contribution in [2.45, 2.75) is 37.6 Å². The number of benzene rings is 1. The van der Waals surface area contributed by atoms with Gasteiger partial charge in [-0.25, -0.2) is 4.98 Å². The molecule has 0 aliphatic rings. The lowest BCUT2D eigenvalue weighted by Crippen LogP contribution is -1.86. The number of thioether (sulfide) groups is 1. The average molecular weight is 288 g/mol. The first-order valence-corrected chi connectivity index (χ1v) is 7.64. The predicted octanol–water partition coefficient (Wildman–Crippen LogP) is 3.50. The Labute approximate surface area is 121 Å². The highest BCUT2D eigenvalue weighted by Crippen LogP contribution is 2.23. The van der Waals surface area contributed by atoms with E-state index in [2.05, 4.69) is 46.1 Å². The standard InChI is InChI=1S/C14H16N4OS/c1-3-4-12-17-13(19-18-12)8-20-14-15-10-6-5-9(2)7-11(10)16-14/h5-7H,3-4,8H2,1-2H3,(H,15,16). The lowest BCUT2D eigenvalue weighted by molar-refractivity contribution is 0.384. The van der Waals surface area contributed by atoms with Gasteiger partial charge in [-0.3, -0.25) is 0 Å². The number of hydrogen-bond acceptors (Lipinski definition) is 5. The van der Waals surface area contributed by atoms with Gasteiger partial charge in [-0.05, 0) is 31.0 Å². The molecule has 3 aromatic rings. The molecule has 1 N–H and O–H groups in total. The van der Waals surface area contributed by atoms with Crippen molar-refractivity contribution in [2.24, 2.45) is 0 Å². The van der Waals surface area contributed by atoms with Crippen molar-refractivity contribution in [1.82, 2.24) is 20.1 Å². The molecule has 0 spiro atoms. The van der Waals surface area contributed by atoms with Crippen molar-refractivity contribution in [3.05, 3.63) is 35.5 Å². The Morgan fingerprint density at radius 2 is 2.20 bits per heavy atom. The largest absolute Gasteiger partial charge is 0.338 e. The summed E-state index contributed by atoms with van der Waals surface area (Å²) in [5.41, 5.74) is 3.26. The van der Waals surface area contributed by atoms with Gasteiger partial charge in [0.1, 0.15) is 0 Å². The van der Waals surface area contributed by atoms with E-state index in [1.807, 2.05) is 6.07 Å². The summed E-state index contributed by atoms with van der Waals surface area (Å²) in [6.07, 6.45) is 1.88. The molecular weight excluding hydrogens is 272 g/mol. The molecule has 0 amide bonds. The van der Waals surface area contributed by atoms with Crippen molar-refractivity contribution >= 4 is 22.8 Å². The number of aromatic nitrogens is 4. The summed E-state index contributed by atoms with van der Waals surface area (Å²) >= 11 is 1.57. The summed E-state index contributed by atoms with van der Waals surface area (Å²) in [4.78, 5) is 12.2. The van der Waals surface area contributed by atoms with Crippen molar-refractivity contribution in [3.8, 4) is 0 Å². The van der Waals surface area contributed by atoms with Crippen LogP contribution in [-0.4, -0.2) is 20.1 Å². The van der Waals surface area contributed by atoms with Crippen molar-refractivity contribution < 1.29 is 4.52 Å². The van der Waals surface area contributed by atoms with Gasteiger partial charge in [-0.15, -0.1) is 0 Å². The molecule has 3 rings (SSSR count). The van der Waals surface area contributed by atoms with Gasteiger partial charge in [0.2, 0.25) is 5.89 Å². The zero-order chi connectivity index (χ0) is 13.9. The Bertz CT molecular complexity index is 719. The van der Waals surface area contributed by atoms with Crippen LogP contribution in [-0.2, 0) is 12.2 Å². The number of imidazole rings is 1. The van der Waals surface area contributed by atoms with E-state index >= 15 is 0 Å². The highest BCUT2D eigenvalue weighted by Gasteiger charge is 2.08. The molecule has 104 valence electrons. The lowest BCUT2D eigenvalue weighted by atomic mass is 10.2. The van der Waals surface area contributed by atoms with Gasteiger partial charge in [-0.2, -0.15) is 4.98 Å². The first kappa shape index (κ1) is 13.2. The van der Waals surface area contributed by atoms with E-state index in [0.717, 1.165) is 34.9 Å². The number of nitrogens with one attached hydrogen (secondary N) is 1. The fourth-order valence-electron chi connectivity index (χ4n) is 1.97. The summed E-state index contributed by atoms with van der Waals surface area (Å²) in [5.74, 6) is 2.06. The minimum Gasteiger partial charge on any atom is -0.338 e. The summed E-state index contributed by atoms with van der Waals surface area (Å²) in [6.45, 7) is 4.17. The third kappa shape index (κ3) is 2.85. The molecule has 20 heavy (non-hydrogen) atoms. The van der Waals surface area contributed by atoms with Crippen LogP contribution in [0, 0.1) is 6.92 Å². The average Bonchev–Trinajstić information content (AvgIpc) is 3.02. The number of H-pyrrole nitrogens is 1. The van der Waals surface area contributed by atoms with Crippen molar-refractivity contribution in [1.29, 1.82) is 0 Å². The van der Waals surface area contributed by atoms with Crippen LogP contribution in [0.1, 0.15) is 30.6 Å². The van der Waals surface area contributed by atoms with E-state index in [1.165, 1.54) is 5.56 Å². The highest BCUT2D eigenvalue weighted by atomic mass is 32.2. The summed E-state index contributed by atoms with van der Waals surface area (Å²) in [5, 5.41) is 4.82. The lowest BCUT2D eigenvalue weighted by Gasteiger charge is -1.91. The molecule has 0 saturated heterocycles. The van der Waals surface area contributed by atoms with E-state index in [-0.39, 0.29) is 0 Å². The number of fused-ring (bicyclic) bond motifs is 1. The van der Waals surface area contributed by atoms with Crippen LogP contribution in [0.2, 0.25) is 0 Å². The zero-order valence-corrected chi connectivity index (χ0v) is 12.3. The molecule has 6 heteroatoms. The topological polar surface area (TPSA) is 67.6 Å². The van der Waals surface area contributed by atoms with E-state index in [0.29, 0.717) is 11.6 Å². The molecule has 0 bridgehead atoms. The minimum absolute atomic E-state index is 0.634. The van der Waals surface area contributed by atoms with Crippen LogP contribution in [0.5, 0.6) is 0 Å². The maximum absolute atomic E-state index is 5.21. The SMILES string of the molecule is CCCc1noc(CSc2nc3ccc(C)cc3[nH]2)n1. The first-order chi connectivity index (χ1) is 9.74. The van der Waals surface area contributed by atoms with Gasteiger partial charge in [0.25, 0.3) is 0 Å². The van der Waals surface area contributed by atoms with Crippen LogP contribution < -0.4 is 0 Å². The second-order valence-electron chi connectivity index (χ2n) is 4.71. The Morgan fingerprint density at radius 1 is 1.30 bits per heavy atom. The second kappa shape index (κ2) is 5.66. The summed E-state index contributed by atoms with van der Waals surface area (Å²) < 4.78 is 5.21. The third-order valence-electron chi connectivity index (χ3n) is 2.93. The summed E-state index contributed by atoms with van der Waals surface area (Å²) in [7, 11) is 0. The molecule has 1 aromatic carbocycles. The molecule has 0 aliphatic heterocycles. The Kier molecular flexibility index (Phi) is 3.73. The number of hydrogen-bond donors (Lipinski definition) is 1. The summed E-state index contributed by atoms with van der Waals surface area (Å²) in [6, 6.07) is 6.18. The van der Waals surface area contributed by atoms with E-state index in [4.69, 9.17) is 4.52 Å². The molecule has 2 aromatic heterocycles. The molecular formula is C14H16N4OS. The molecule has 0 saturated carbocycles. The maximum Gasteiger partial charge on any atom is 0.237 e. The van der Waals surface area contributed by atoms with E-state index in [1.54, 1.807) is 11.8 Å². The Balaban J connectivity index is 1.69. The number of aryl methyl sites for hydroxylation is 2. The first-order valence-electron chi connectivity index (χ1n) is 6.65. The zero-order valence-electron chi connectivity index (χ0n) is 11.5. The molecule has 0 radical (unpaired) electrons. The van der Waals surface area contributed by atoms with Crippen LogP contribution in [0.25, 0.3) is 11.0 Å². The number of aromatic amines is 1. The molecule has 0 fully saturated rings. The molecule has 0 aliphatic carbocycles. The molecule has 2 heterocycles. The minimum atomic E-state index is 0.634. The normalized spacial score (nSPS) is 11.3. The van der Waals surface area contributed by atoms with Gasteiger partial charge in [-0.1, -0.05) is 29.9 Å². The Morgan fingerprint density at radius 3 is 3.05 bits per heavy atom. The predicted molar refractivity (Wildman–Crippen MR) is 78.7 cm³/mol. The van der Waals surface area contributed by atoms with Crippen LogP contribution in [0.4, 0.5) is 0 Å².